The SMILES string of the molecule is O=C(C(=O)N1CCN(C(=O)c2cc(-c3ccccc3Cl)nc3ccccc23)CC1)N1CCCC1. The van der Waals surface area contributed by atoms with Gasteiger partial charge >= 0.3 is 11.8 Å². The monoisotopic (exact) mass is 476 g/mol. The highest BCUT2D eigenvalue weighted by Crippen LogP contribution is 2.30. The number of hydrogen-bond acceptors (Lipinski definition) is 4. The van der Waals surface area contributed by atoms with Gasteiger partial charge in [0.05, 0.1) is 16.8 Å². The van der Waals surface area contributed by atoms with Gasteiger partial charge in [-0.1, -0.05) is 48.0 Å². The fraction of sp³-hybridized carbons (Fsp3) is 0.308. The minimum atomic E-state index is -0.468. The maximum atomic E-state index is 13.6. The average Bonchev–Trinajstić information content (AvgIpc) is 3.42. The molecule has 7 nitrogen and oxygen atoms in total. The van der Waals surface area contributed by atoms with Crippen molar-refractivity contribution < 1.29 is 14.4 Å². The zero-order chi connectivity index (χ0) is 23.7. The number of halogens is 1. The van der Waals surface area contributed by atoms with Gasteiger partial charge in [-0.25, -0.2) is 4.98 Å². The quantitative estimate of drug-likeness (QED) is 0.531. The third-order valence-corrected chi connectivity index (χ3v) is 6.86. The lowest BCUT2D eigenvalue weighted by Gasteiger charge is -2.35. The Hall–Kier alpha value is -3.45. The number of pyridine rings is 1. The van der Waals surface area contributed by atoms with Crippen molar-refractivity contribution in [3.05, 3.63) is 65.2 Å². The number of piperazine rings is 1. The minimum absolute atomic E-state index is 0.120. The Kier molecular flexibility index (Phi) is 6.20. The summed E-state index contributed by atoms with van der Waals surface area (Å²) in [6.07, 6.45) is 1.88. The normalized spacial score (nSPS) is 16.2. The van der Waals surface area contributed by atoms with Gasteiger partial charge in [-0.05, 0) is 31.0 Å². The number of aromatic nitrogens is 1. The molecule has 0 saturated carbocycles. The van der Waals surface area contributed by atoms with Crippen LogP contribution in [-0.2, 0) is 9.59 Å². The summed E-state index contributed by atoms with van der Waals surface area (Å²) in [5.41, 5.74) is 2.67. The Bertz CT molecular complexity index is 1260. The number of carbonyl (C=O) groups excluding carboxylic acids is 3. The van der Waals surface area contributed by atoms with Crippen LogP contribution in [0.4, 0.5) is 0 Å². The third kappa shape index (κ3) is 4.23. The number of benzene rings is 2. The summed E-state index contributed by atoms with van der Waals surface area (Å²) in [5.74, 6) is -1.02. The second-order valence-corrected chi connectivity index (χ2v) is 9.04. The highest BCUT2D eigenvalue weighted by Gasteiger charge is 2.32. The van der Waals surface area contributed by atoms with E-state index in [1.807, 2.05) is 42.5 Å². The molecular weight excluding hydrogens is 452 g/mol. The lowest BCUT2D eigenvalue weighted by atomic mass is 10.0. The van der Waals surface area contributed by atoms with Gasteiger partial charge in [-0.2, -0.15) is 0 Å². The van der Waals surface area contributed by atoms with Crippen LogP contribution in [0.25, 0.3) is 22.2 Å². The molecule has 2 fully saturated rings. The predicted octanol–water partition coefficient (Wildman–Crippen LogP) is 3.46. The van der Waals surface area contributed by atoms with Crippen LogP contribution < -0.4 is 0 Å². The second kappa shape index (κ2) is 9.43. The van der Waals surface area contributed by atoms with Crippen molar-refractivity contribution >= 4 is 40.2 Å². The van der Waals surface area contributed by atoms with Crippen LogP contribution in [0.1, 0.15) is 23.2 Å². The molecule has 1 aromatic heterocycles. The van der Waals surface area contributed by atoms with E-state index in [1.165, 1.54) is 0 Å². The van der Waals surface area contributed by atoms with Crippen LogP contribution >= 0.6 is 11.6 Å². The van der Waals surface area contributed by atoms with Crippen LogP contribution in [0.2, 0.25) is 5.02 Å². The van der Waals surface area contributed by atoms with Crippen LogP contribution in [0, 0.1) is 0 Å². The fourth-order valence-electron chi connectivity index (χ4n) is 4.63. The molecule has 3 aromatic rings. The first-order valence-corrected chi connectivity index (χ1v) is 11.9. The molecular formula is C26H25ClN4O3. The number of carbonyl (C=O) groups is 3. The first-order valence-electron chi connectivity index (χ1n) is 11.5. The Morgan fingerprint density at radius 2 is 1.32 bits per heavy atom. The van der Waals surface area contributed by atoms with E-state index < -0.39 is 11.8 Å². The van der Waals surface area contributed by atoms with Gasteiger partial charge in [-0.3, -0.25) is 14.4 Å². The molecule has 0 N–H and O–H groups in total. The number of hydrogen-bond donors (Lipinski definition) is 0. The molecule has 0 unspecified atom stereocenters. The van der Waals surface area contributed by atoms with Gasteiger partial charge in [-0.15, -0.1) is 0 Å². The lowest BCUT2D eigenvalue weighted by molar-refractivity contribution is -0.152. The number of para-hydroxylation sites is 1. The Morgan fingerprint density at radius 3 is 2.03 bits per heavy atom. The van der Waals surface area contributed by atoms with Gasteiger partial charge in [0, 0.05) is 55.2 Å². The summed E-state index contributed by atoms with van der Waals surface area (Å²) in [6.45, 7) is 2.71. The minimum Gasteiger partial charge on any atom is -0.335 e. The molecule has 8 heteroatoms. The Labute approximate surface area is 202 Å². The molecule has 3 heterocycles. The van der Waals surface area contributed by atoms with Crippen molar-refractivity contribution in [2.45, 2.75) is 12.8 Å². The zero-order valence-corrected chi connectivity index (χ0v) is 19.5. The van der Waals surface area contributed by atoms with E-state index in [0.717, 1.165) is 23.8 Å². The summed E-state index contributed by atoms with van der Waals surface area (Å²) in [4.78, 5) is 48.4. The lowest BCUT2D eigenvalue weighted by Crippen LogP contribution is -2.54. The number of likely N-dealkylation sites (tertiary alicyclic amines) is 1. The van der Waals surface area contributed by atoms with Crippen LogP contribution in [0.3, 0.4) is 0 Å². The predicted molar refractivity (Wildman–Crippen MR) is 130 cm³/mol. The standard InChI is InChI=1S/C26H25ClN4O3/c27-21-9-3-1-8-19(21)23-17-20(18-7-2-4-10-22(18)28-23)24(32)30-13-15-31(16-14-30)26(34)25(33)29-11-5-6-12-29/h1-4,7-10,17H,5-6,11-16H2. The molecule has 2 aliphatic rings. The van der Waals surface area contributed by atoms with Crippen molar-refractivity contribution in [1.29, 1.82) is 0 Å². The molecule has 34 heavy (non-hydrogen) atoms. The highest BCUT2D eigenvalue weighted by molar-refractivity contribution is 6.35. The van der Waals surface area contributed by atoms with E-state index in [9.17, 15) is 14.4 Å². The van der Waals surface area contributed by atoms with E-state index in [-0.39, 0.29) is 5.91 Å². The van der Waals surface area contributed by atoms with E-state index >= 15 is 0 Å². The molecule has 0 atom stereocenters. The zero-order valence-electron chi connectivity index (χ0n) is 18.7. The number of nitrogens with zero attached hydrogens (tertiary/aromatic N) is 4. The van der Waals surface area contributed by atoms with Gasteiger partial charge in [0.2, 0.25) is 0 Å². The molecule has 3 amide bonds. The van der Waals surface area contributed by atoms with Gasteiger partial charge in [0.25, 0.3) is 5.91 Å². The Balaban J connectivity index is 1.37. The van der Waals surface area contributed by atoms with Gasteiger partial charge in [0.1, 0.15) is 0 Å². The first-order chi connectivity index (χ1) is 16.5. The molecule has 0 aliphatic carbocycles. The molecule has 2 aromatic carbocycles. The molecule has 2 aliphatic heterocycles. The van der Waals surface area contributed by atoms with E-state index in [1.54, 1.807) is 26.8 Å². The van der Waals surface area contributed by atoms with Gasteiger partial charge in [0.15, 0.2) is 0 Å². The van der Waals surface area contributed by atoms with Crippen molar-refractivity contribution in [2.24, 2.45) is 0 Å². The maximum absolute atomic E-state index is 13.6. The van der Waals surface area contributed by atoms with Crippen molar-refractivity contribution in [2.75, 3.05) is 39.3 Å². The van der Waals surface area contributed by atoms with Gasteiger partial charge < -0.3 is 14.7 Å². The van der Waals surface area contributed by atoms with Crippen molar-refractivity contribution in [1.82, 2.24) is 19.7 Å². The Morgan fingerprint density at radius 1 is 0.735 bits per heavy atom. The summed E-state index contributed by atoms with van der Waals surface area (Å²) in [7, 11) is 0. The molecule has 0 spiro atoms. The second-order valence-electron chi connectivity index (χ2n) is 8.64. The maximum Gasteiger partial charge on any atom is 0.312 e. The summed E-state index contributed by atoms with van der Waals surface area (Å²) in [6, 6.07) is 16.8. The molecule has 5 rings (SSSR count). The topological polar surface area (TPSA) is 73.8 Å². The summed E-state index contributed by atoms with van der Waals surface area (Å²) in [5, 5.41) is 1.34. The third-order valence-electron chi connectivity index (χ3n) is 6.53. The van der Waals surface area contributed by atoms with E-state index in [0.29, 0.717) is 61.1 Å². The van der Waals surface area contributed by atoms with Crippen LogP contribution in [0.5, 0.6) is 0 Å². The molecule has 174 valence electrons. The smallest absolute Gasteiger partial charge is 0.312 e. The molecule has 0 radical (unpaired) electrons. The molecule has 2 saturated heterocycles. The largest absolute Gasteiger partial charge is 0.335 e. The summed E-state index contributed by atoms with van der Waals surface area (Å²) >= 11 is 6.41. The van der Waals surface area contributed by atoms with E-state index in [4.69, 9.17) is 16.6 Å². The van der Waals surface area contributed by atoms with Crippen LogP contribution in [-0.4, -0.2) is 76.7 Å². The van der Waals surface area contributed by atoms with Crippen molar-refractivity contribution in [3.8, 4) is 11.3 Å². The summed E-state index contributed by atoms with van der Waals surface area (Å²) < 4.78 is 0. The van der Waals surface area contributed by atoms with Crippen molar-refractivity contribution in [3.63, 3.8) is 0 Å². The number of fused-ring (bicyclic) bond motifs is 1. The van der Waals surface area contributed by atoms with E-state index in [2.05, 4.69) is 0 Å². The first kappa shape index (κ1) is 22.3. The number of rotatable bonds is 2. The fourth-order valence-corrected chi connectivity index (χ4v) is 4.87. The van der Waals surface area contributed by atoms with Crippen LogP contribution in [0.15, 0.2) is 54.6 Å². The average molecular weight is 477 g/mol. The highest BCUT2D eigenvalue weighted by atomic mass is 35.5. The molecule has 0 bridgehead atoms. The number of amides is 3.